The average molecular weight is 346 g/mol. The second-order valence-electron chi connectivity index (χ2n) is 5.43. The summed E-state index contributed by atoms with van der Waals surface area (Å²) < 4.78 is 32.8. The van der Waals surface area contributed by atoms with Gasteiger partial charge in [-0.3, -0.25) is 9.52 Å². The molecule has 0 bridgehead atoms. The average Bonchev–Trinajstić information content (AvgIpc) is 2.55. The van der Waals surface area contributed by atoms with Crippen LogP contribution in [0.5, 0.6) is 5.75 Å². The second-order valence-corrected chi connectivity index (χ2v) is 7.11. The summed E-state index contributed by atoms with van der Waals surface area (Å²) in [6, 6.07) is 11.4. The summed E-state index contributed by atoms with van der Waals surface area (Å²) in [7, 11) is -3.68. The number of fused-ring (bicyclic) bond motifs is 1. The van der Waals surface area contributed by atoms with Crippen LogP contribution in [-0.4, -0.2) is 20.9 Å². The second kappa shape index (κ2) is 6.52. The van der Waals surface area contributed by atoms with Gasteiger partial charge in [0.05, 0.1) is 11.5 Å². The van der Waals surface area contributed by atoms with Gasteiger partial charge in [-0.25, -0.2) is 8.42 Å². The Hall–Kier alpha value is -2.54. The number of nitrogens with one attached hydrogen (secondary N) is 2. The third-order valence-electron chi connectivity index (χ3n) is 3.70. The molecular weight excluding hydrogens is 328 g/mol. The molecule has 126 valence electrons. The van der Waals surface area contributed by atoms with E-state index in [0.717, 1.165) is 11.3 Å². The lowest BCUT2D eigenvalue weighted by atomic mass is 10.0. The molecule has 7 heteroatoms. The predicted molar refractivity (Wildman–Crippen MR) is 91.8 cm³/mol. The summed E-state index contributed by atoms with van der Waals surface area (Å²) in [5.74, 6) is 0.603. The van der Waals surface area contributed by atoms with Gasteiger partial charge in [0.1, 0.15) is 5.75 Å². The fourth-order valence-corrected chi connectivity index (χ4v) is 3.59. The predicted octanol–water partition coefficient (Wildman–Crippen LogP) is 2.77. The van der Waals surface area contributed by atoms with Crippen molar-refractivity contribution in [1.29, 1.82) is 0 Å². The summed E-state index contributed by atoms with van der Waals surface area (Å²) >= 11 is 0. The standard InChI is InChI=1S/C17H18N2O4S/c1-2-23-14-5-7-15(8-6-14)24(21,22)19-13-4-9-16-12(11-13)3-10-17(20)18-16/h4-9,11,19H,2-3,10H2,1H3,(H,18,20). The van der Waals surface area contributed by atoms with Crippen LogP contribution in [0.2, 0.25) is 0 Å². The van der Waals surface area contributed by atoms with Gasteiger partial charge < -0.3 is 10.1 Å². The van der Waals surface area contributed by atoms with Crippen LogP contribution in [0.3, 0.4) is 0 Å². The molecule has 0 unspecified atom stereocenters. The molecule has 0 aliphatic carbocycles. The van der Waals surface area contributed by atoms with E-state index in [1.807, 2.05) is 6.92 Å². The minimum absolute atomic E-state index is 0.0229. The highest BCUT2D eigenvalue weighted by Crippen LogP contribution is 2.27. The quantitative estimate of drug-likeness (QED) is 0.872. The molecule has 1 amide bonds. The van der Waals surface area contributed by atoms with Crippen molar-refractivity contribution in [3.8, 4) is 5.75 Å². The Kier molecular flexibility index (Phi) is 4.44. The maximum absolute atomic E-state index is 12.5. The van der Waals surface area contributed by atoms with Gasteiger partial charge in [-0.1, -0.05) is 0 Å². The molecule has 0 aromatic heterocycles. The highest BCUT2D eigenvalue weighted by atomic mass is 32.2. The Morgan fingerprint density at radius 3 is 2.58 bits per heavy atom. The molecule has 1 aliphatic rings. The number of benzene rings is 2. The first-order valence-electron chi connectivity index (χ1n) is 7.66. The topological polar surface area (TPSA) is 84.5 Å². The van der Waals surface area contributed by atoms with Gasteiger partial charge in [0.25, 0.3) is 10.0 Å². The van der Waals surface area contributed by atoms with E-state index in [-0.39, 0.29) is 10.8 Å². The number of aryl methyl sites for hydroxylation is 1. The first-order valence-corrected chi connectivity index (χ1v) is 9.15. The summed E-state index contributed by atoms with van der Waals surface area (Å²) in [6.45, 7) is 2.39. The first-order chi connectivity index (χ1) is 11.5. The van der Waals surface area contributed by atoms with Gasteiger partial charge in [-0.2, -0.15) is 0 Å². The number of ether oxygens (including phenoxy) is 1. The van der Waals surface area contributed by atoms with Crippen molar-refractivity contribution in [3.05, 3.63) is 48.0 Å². The maximum atomic E-state index is 12.5. The van der Waals surface area contributed by atoms with Gasteiger partial charge in [-0.05, 0) is 61.4 Å². The maximum Gasteiger partial charge on any atom is 0.261 e. The molecule has 0 fully saturated rings. The van der Waals surface area contributed by atoms with Crippen molar-refractivity contribution in [1.82, 2.24) is 0 Å². The van der Waals surface area contributed by atoms with Crippen molar-refractivity contribution < 1.29 is 17.9 Å². The summed E-state index contributed by atoms with van der Waals surface area (Å²) in [6.07, 6.45) is 1.00. The van der Waals surface area contributed by atoms with Crippen molar-refractivity contribution in [2.75, 3.05) is 16.6 Å². The van der Waals surface area contributed by atoms with Crippen LogP contribution in [-0.2, 0) is 21.2 Å². The molecule has 0 atom stereocenters. The molecular formula is C17H18N2O4S. The number of amides is 1. The number of sulfonamides is 1. The summed E-state index contributed by atoms with van der Waals surface area (Å²) in [5, 5.41) is 2.77. The van der Waals surface area contributed by atoms with Crippen molar-refractivity contribution >= 4 is 27.3 Å². The SMILES string of the molecule is CCOc1ccc(S(=O)(=O)Nc2ccc3c(c2)CCC(=O)N3)cc1. The number of carbonyl (C=O) groups is 1. The molecule has 1 heterocycles. The van der Waals surface area contributed by atoms with Crippen LogP contribution >= 0.6 is 0 Å². The number of hydrogen-bond donors (Lipinski definition) is 2. The molecule has 6 nitrogen and oxygen atoms in total. The number of carbonyl (C=O) groups excluding carboxylic acids is 1. The first kappa shape index (κ1) is 16.3. The van der Waals surface area contributed by atoms with E-state index >= 15 is 0 Å². The molecule has 0 radical (unpaired) electrons. The van der Waals surface area contributed by atoms with Crippen LogP contribution in [0, 0.1) is 0 Å². The van der Waals surface area contributed by atoms with Crippen LogP contribution in [0.15, 0.2) is 47.4 Å². The van der Waals surface area contributed by atoms with Crippen LogP contribution in [0.25, 0.3) is 0 Å². The van der Waals surface area contributed by atoms with Crippen LogP contribution in [0.1, 0.15) is 18.9 Å². The van der Waals surface area contributed by atoms with E-state index < -0.39 is 10.0 Å². The van der Waals surface area contributed by atoms with Crippen molar-refractivity contribution in [2.45, 2.75) is 24.7 Å². The molecule has 0 spiro atoms. The molecule has 2 aromatic rings. The van der Waals surface area contributed by atoms with Gasteiger partial charge in [0, 0.05) is 17.8 Å². The molecule has 24 heavy (non-hydrogen) atoms. The zero-order valence-electron chi connectivity index (χ0n) is 13.2. The minimum atomic E-state index is -3.68. The van der Waals surface area contributed by atoms with E-state index in [9.17, 15) is 13.2 Å². The van der Waals surface area contributed by atoms with E-state index in [0.29, 0.717) is 30.9 Å². The molecule has 2 aromatic carbocycles. The van der Waals surface area contributed by atoms with Crippen molar-refractivity contribution in [2.24, 2.45) is 0 Å². The van der Waals surface area contributed by atoms with Gasteiger partial charge in [-0.15, -0.1) is 0 Å². The van der Waals surface area contributed by atoms with E-state index in [4.69, 9.17) is 4.74 Å². The van der Waals surface area contributed by atoms with Gasteiger partial charge in [0.2, 0.25) is 5.91 Å². The zero-order chi connectivity index (χ0) is 17.2. The normalized spacial score (nSPS) is 13.8. The third-order valence-corrected chi connectivity index (χ3v) is 5.10. The Bertz CT molecular complexity index is 861. The summed E-state index contributed by atoms with van der Waals surface area (Å²) in [4.78, 5) is 11.5. The highest BCUT2D eigenvalue weighted by Gasteiger charge is 2.18. The molecule has 1 aliphatic heterocycles. The van der Waals surface area contributed by atoms with Crippen LogP contribution < -0.4 is 14.8 Å². The number of hydrogen-bond acceptors (Lipinski definition) is 4. The zero-order valence-corrected chi connectivity index (χ0v) is 14.0. The summed E-state index contributed by atoms with van der Waals surface area (Å²) in [5.41, 5.74) is 2.12. The van der Waals surface area contributed by atoms with E-state index in [1.165, 1.54) is 12.1 Å². The smallest absolute Gasteiger partial charge is 0.261 e. The monoisotopic (exact) mass is 346 g/mol. The van der Waals surface area contributed by atoms with Gasteiger partial charge in [0.15, 0.2) is 0 Å². The Morgan fingerprint density at radius 1 is 1.12 bits per heavy atom. The van der Waals surface area contributed by atoms with Gasteiger partial charge >= 0.3 is 0 Å². The number of anilines is 2. The number of rotatable bonds is 5. The van der Waals surface area contributed by atoms with Crippen molar-refractivity contribution in [3.63, 3.8) is 0 Å². The van der Waals surface area contributed by atoms with Crippen LogP contribution in [0.4, 0.5) is 11.4 Å². The molecule has 0 saturated carbocycles. The lowest BCUT2D eigenvalue weighted by Crippen LogP contribution is -2.19. The molecule has 2 N–H and O–H groups in total. The van der Waals surface area contributed by atoms with E-state index in [1.54, 1.807) is 30.3 Å². The highest BCUT2D eigenvalue weighted by molar-refractivity contribution is 7.92. The van der Waals surface area contributed by atoms with E-state index in [2.05, 4.69) is 10.0 Å². The lowest BCUT2D eigenvalue weighted by Gasteiger charge is -2.18. The molecule has 0 saturated heterocycles. The molecule has 3 rings (SSSR count). The Labute approximate surface area is 140 Å². The minimum Gasteiger partial charge on any atom is -0.494 e. The Balaban J connectivity index is 1.80. The Morgan fingerprint density at radius 2 is 1.88 bits per heavy atom. The fourth-order valence-electron chi connectivity index (χ4n) is 2.54. The largest absolute Gasteiger partial charge is 0.494 e. The third kappa shape index (κ3) is 3.51. The fraction of sp³-hybridized carbons (Fsp3) is 0.235. The lowest BCUT2D eigenvalue weighted by molar-refractivity contribution is -0.116.